The number of nitro groups is 1. The number of carbonyl (C=O) groups is 2. The normalized spacial score (nSPS) is 10.8. The molecule has 7 nitrogen and oxygen atoms in total. The minimum Gasteiger partial charge on any atom is -0.460 e. The van der Waals surface area contributed by atoms with E-state index in [9.17, 15) is 19.7 Å². The average Bonchev–Trinajstić information content (AvgIpc) is 2.45. The summed E-state index contributed by atoms with van der Waals surface area (Å²) in [6.07, 6.45) is -0.418. The van der Waals surface area contributed by atoms with Crippen LogP contribution in [0.15, 0.2) is 30.3 Å². The van der Waals surface area contributed by atoms with Crippen LogP contribution in [-0.4, -0.2) is 35.6 Å². The van der Waals surface area contributed by atoms with E-state index in [2.05, 4.69) is 0 Å². The first-order valence-electron chi connectivity index (χ1n) is 6.51. The number of ether oxygens (including phenoxy) is 2. The van der Waals surface area contributed by atoms with E-state index < -0.39 is 28.8 Å². The van der Waals surface area contributed by atoms with Gasteiger partial charge in [0.2, 0.25) is 0 Å². The number of benzene rings is 1. The summed E-state index contributed by atoms with van der Waals surface area (Å²) in [5.41, 5.74) is -2.11. The number of hydrogen-bond donors (Lipinski definition) is 0. The summed E-state index contributed by atoms with van der Waals surface area (Å²) >= 11 is 0. The third-order valence-corrected chi connectivity index (χ3v) is 2.84. The Morgan fingerprint density at radius 2 is 1.57 bits per heavy atom. The molecule has 0 amide bonds. The third-order valence-electron chi connectivity index (χ3n) is 2.84. The standard InChI is InChI=1S/C14H17NO6/c1-3-20-12(16)14(15(18)19,13(17)21-4-2)10-11-8-6-5-7-9-11/h5-9H,3-4,10H2,1-2H3. The first-order valence-corrected chi connectivity index (χ1v) is 6.51. The molecule has 0 aliphatic rings. The molecule has 0 aliphatic carbocycles. The van der Waals surface area contributed by atoms with E-state index in [4.69, 9.17) is 9.47 Å². The molecular weight excluding hydrogens is 278 g/mol. The molecule has 0 bridgehead atoms. The first-order chi connectivity index (χ1) is 9.98. The summed E-state index contributed by atoms with van der Waals surface area (Å²) in [7, 11) is 0. The maximum atomic E-state index is 12.1. The zero-order valence-corrected chi connectivity index (χ0v) is 11.9. The lowest BCUT2D eigenvalue weighted by molar-refractivity contribution is -0.541. The summed E-state index contributed by atoms with van der Waals surface area (Å²) in [4.78, 5) is 34.7. The van der Waals surface area contributed by atoms with Gasteiger partial charge in [-0.2, -0.15) is 0 Å². The van der Waals surface area contributed by atoms with Gasteiger partial charge in [0.1, 0.15) is 0 Å². The fraction of sp³-hybridized carbons (Fsp3) is 0.429. The maximum absolute atomic E-state index is 12.1. The lowest BCUT2D eigenvalue weighted by Gasteiger charge is -2.21. The summed E-state index contributed by atoms with van der Waals surface area (Å²) in [6, 6.07) is 8.24. The Hall–Kier alpha value is -2.44. The summed E-state index contributed by atoms with van der Waals surface area (Å²) in [5.74, 6) is -2.42. The molecule has 0 unspecified atom stereocenters. The zero-order chi connectivity index (χ0) is 15.9. The molecule has 0 fully saturated rings. The van der Waals surface area contributed by atoms with Crippen molar-refractivity contribution < 1.29 is 24.0 Å². The third kappa shape index (κ3) is 3.56. The van der Waals surface area contributed by atoms with Crippen LogP contribution in [0.1, 0.15) is 19.4 Å². The highest BCUT2D eigenvalue weighted by atomic mass is 16.7. The minimum atomic E-state index is -2.58. The fourth-order valence-electron chi connectivity index (χ4n) is 1.83. The Labute approximate surface area is 122 Å². The van der Waals surface area contributed by atoms with Crippen molar-refractivity contribution in [1.29, 1.82) is 0 Å². The van der Waals surface area contributed by atoms with Gasteiger partial charge >= 0.3 is 17.5 Å². The highest BCUT2D eigenvalue weighted by Crippen LogP contribution is 2.22. The second kappa shape index (κ2) is 7.37. The van der Waals surface area contributed by atoms with E-state index in [1.54, 1.807) is 30.3 Å². The molecule has 7 heteroatoms. The fourth-order valence-corrected chi connectivity index (χ4v) is 1.83. The molecule has 0 aliphatic heterocycles. The SMILES string of the molecule is CCOC(=O)C(Cc1ccccc1)(C(=O)OCC)[N+](=O)[O-]. The number of rotatable bonds is 7. The molecule has 114 valence electrons. The van der Waals surface area contributed by atoms with Gasteiger partial charge in [0, 0.05) is 0 Å². The summed E-state index contributed by atoms with van der Waals surface area (Å²) in [6.45, 7) is 2.89. The van der Waals surface area contributed by atoms with Crippen LogP contribution >= 0.6 is 0 Å². The topological polar surface area (TPSA) is 95.7 Å². The number of carbonyl (C=O) groups excluding carboxylic acids is 2. The van der Waals surface area contributed by atoms with Crippen molar-refractivity contribution in [3.05, 3.63) is 46.0 Å². The van der Waals surface area contributed by atoms with E-state index in [-0.39, 0.29) is 13.2 Å². The predicted octanol–water partition coefficient (Wildman–Crippen LogP) is 1.37. The van der Waals surface area contributed by atoms with Crippen LogP contribution < -0.4 is 0 Å². The molecule has 0 spiro atoms. The Morgan fingerprint density at radius 3 is 1.95 bits per heavy atom. The van der Waals surface area contributed by atoms with Crippen LogP contribution in [0.25, 0.3) is 0 Å². The lowest BCUT2D eigenvalue weighted by Crippen LogP contribution is -2.56. The second-order valence-electron chi connectivity index (χ2n) is 4.22. The molecule has 0 saturated carbocycles. The van der Waals surface area contributed by atoms with Crippen LogP contribution in [-0.2, 0) is 25.5 Å². The Bertz CT molecular complexity index is 495. The second-order valence-corrected chi connectivity index (χ2v) is 4.22. The molecule has 0 N–H and O–H groups in total. The van der Waals surface area contributed by atoms with Crippen molar-refractivity contribution in [2.45, 2.75) is 25.8 Å². The van der Waals surface area contributed by atoms with Crippen LogP contribution in [0.5, 0.6) is 0 Å². The quantitative estimate of drug-likeness (QED) is 0.326. The average molecular weight is 295 g/mol. The molecule has 0 radical (unpaired) electrons. The Balaban J connectivity index is 3.26. The highest BCUT2D eigenvalue weighted by Gasteiger charge is 2.61. The molecule has 21 heavy (non-hydrogen) atoms. The van der Waals surface area contributed by atoms with Crippen LogP contribution in [0, 0.1) is 10.1 Å². The number of nitrogens with zero attached hydrogens (tertiary/aromatic N) is 1. The Kier molecular flexibility index (Phi) is 5.83. The largest absolute Gasteiger partial charge is 0.460 e. The molecule has 1 aromatic rings. The van der Waals surface area contributed by atoms with E-state index in [0.29, 0.717) is 5.56 Å². The van der Waals surface area contributed by atoms with Crippen molar-refractivity contribution >= 4 is 11.9 Å². The summed E-state index contributed by atoms with van der Waals surface area (Å²) < 4.78 is 9.45. The van der Waals surface area contributed by atoms with E-state index in [1.165, 1.54) is 13.8 Å². The zero-order valence-electron chi connectivity index (χ0n) is 11.9. The van der Waals surface area contributed by atoms with Gasteiger partial charge < -0.3 is 9.47 Å². The van der Waals surface area contributed by atoms with E-state index in [1.807, 2.05) is 0 Å². The van der Waals surface area contributed by atoms with Gasteiger partial charge in [0.15, 0.2) is 0 Å². The molecule has 0 saturated heterocycles. The van der Waals surface area contributed by atoms with Crippen molar-refractivity contribution in [1.82, 2.24) is 0 Å². The van der Waals surface area contributed by atoms with Gasteiger partial charge in [-0.05, 0) is 19.4 Å². The minimum absolute atomic E-state index is 0.0668. The van der Waals surface area contributed by atoms with Crippen molar-refractivity contribution in [2.24, 2.45) is 0 Å². The van der Waals surface area contributed by atoms with Crippen molar-refractivity contribution in [3.8, 4) is 0 Å². The van der Waals surface area contributed by atoms with Gasteiger partial charge in [-0.1, -0.05) is 30.3 Å². The smallest absolute Gasteiger partial charge is 0.414 e. The molecular formula is C14H17NO6. The van der Waals surface area contributed by atoms with Gasteiger partial charge in [-0.15, -0.1) is 0 Å². The van der Waals surface area contributed by atoms with Crippen LogP contribution in [0.3, 0.4) is 0 Å². The molecule has 1 aromatic carbocycles. The number of esters is 2. The maximum Gasteiger partial charge on any atom is 0.414 e. The van der Waals surface area contributed by atoms with Gasteiger partial charge in [-0.3, -0.25) is 10.1 Å². The van der Waals surface area contributed by atoms with Crippen LogP contribution in [0.2, 0.25) is 0 Å². The monoisotopic (exact) mass is 295 g/mol. The molecule has 0 aromatic heterocycles. The van der Waals surface area contributed by atoms with Gasteiger partial charge in [0.05, 0.1) is 24.6 Å². The van der Waals surface area contributed by atoms with Crippen molar-refractivity contribution in [3.63, 3.8) is 0 Å². The van der Waals surface area contributed by atoms with Gasteiger partial charge in [-0.25, -0.2) is 9.59 Å². The number of hydrogen-bond acceptors (Lipinski definition) is 6. The van der Waals surface area contributed by atoms with Crippen molar-refractivity contribution in [2.75, 3.05) is 13.2 Å². The molecule has 1 rings (SSSR count). The lowest BCUT2D eigenvalue weighted by atomic mass is 9.91. The van der Waals surface area contributed by atoms with Gasteiger partial charge in [0.25, 0.3) is 0 Å². The predicted molar refractivity (Wildman–Crippen MR) is 73.1 cm³/mol. The Morgan fingerprint density at radius 1 is 1.10 bits per heavy atom. The summed E-state index contributed by atoms with van der Waals surface area (Å²) in [5, 5.41) is 11.5. The molecule has 0 heterocycles. The van der Waals surface area contributed by atoms with E-state index in [0.717, 1.165) is 0 Å². The highest BCUT2D eigenvalue weighted by molar-refractivity contribution is 6.03. The first kappa shape index (κ1) is 16.6. The van der Waals surface area contributed by atoms with E-state index >= 15 is 0 Å². The van der Waals surface area contributed by atoms with Crippen LogP contribution in [0.4, 0.5) is 0 Å². The molecule has 0 atom stereocenters.